The number of rotatable bonds is 9. The van der Waals surface area contributed by atoms with Gasteiger partial charge in [0.25, 0.3) is 0 Å². The van der Waals surface area contributed by atoms with E-state index in [4.69, 9.17) is 0 Å². The molecule has 6 heteroatoms. The molecule has 0 saturated heterocycles. The first-order valence-corrected chi connectivity index (χ1v) is 9.02. The van der Waals surface area contributed by atoms with Gasteiger partial charge in [-0.3, -0.25) is 9.69 Å². The molecular formula is C19H32N4O2. The van der Waals surface area contributed by atoms with Crippen molar-refractivity contribution in [1.82, 2.24) is 10.2 Å². The largest absolute Gasteiger partial charge is 0.336 e. The fourth-order valence-corrected chi connectivity index (χ4v) is 2.87. The van der Waals surface area contributed by atoms with Crippen LogP contribution in [0.1, 0.15) is 41.0 Å². The lowest BCUT2D eigenvalue weighted by molar-refractivity contribution is -0.114. The molecule has 0 radical (unpaired) electrons. The first-order chi connectivity index (χ1) is 11.8. The summed E-state index contributed by atoms with van der Waals surface area (Å²) in [5.74, 6) is 0.461. The van der Waals surface area contributed by atoms with Gasteiger partial charge in [-0.25, -0.2) is 4.79 Å². The van der Waals surface area contributed by atoms with Crippen LogP contribution in [0, 0.1) is 5.92 Å². The van der Waals surface area contributed by atoms with Crippen molar-refractivity contribution in [3.8, 4) is 0 Å². The predicted molar refractivity (Wildman–Crippen MR) is 104 cm³/mol. The highest BCUT2D eigenvalue weighted by atomic mass is 16.2. The SMILES string of the molecule is CCN(CC)C(CNC(=O)Nc1ccc(NC(C)=O)cc1)CC(C)C. The normalized spacial score (nSPS) is 12.1. The average Bonchev–Trinajstić information content (AvgIpc) is 2.54. The standard InChI is InChI=1S/C19H32N4O2/c1-6-23(7-2)18(12-14(3)4)13-20-19(25)22-17-10-8-16(9-11-17)21-15(5)24/h8-11,14,18H,6-7,12-13H2,1-5H3,(H,21,24)(H2,20,22,25). The molecule has 0 heterocycles. The van der Waals surface area contributed by atoms with E-state index in [-0.39, 0.29) is 11.9 Å². The molecule has 0 fully saturated rings. The van der Waals surface area contributed by atoms with Gasteiger partial charge in [0.2, 0.25) is 5.91 Å². The highest BCUT2D eigenvalue weighted by Gasteiger charge is 2.18. The Balaban J connectivity index is 2.55. The molecule has 0 aliphatic rings. The number of amides is 3. The Morgan fingerprint density at radius 2 is 1.52 bits per heavy atom. The minimum atomic E-state index is -0.215. The Kier molecular flexibility index (Phi) is 8.99. The van der Waals surface area contributed by atoms with Crippen LogP contribution in [0.3, 0.4) is 0 Å². The Morgan fingerprint density at radius 1 is 1.00 bits per heavy atom. The third-order valence-corrected chi connectivity index (χ3v) is 4.03. The monoisotopic (exact) mass is 348 g/mol. The van der Waals surface area contributed by atoms with E-state index < -0.39 is 0 Å². The number of anilines is 2. The minimum absolute atomic E-state index is 0.119. The van der Waals surface area contributed by atoms with Crippen molar-refractivity contribution >= 4 is 23.3 Å². The quantitative estimate of drug-likeness (QED) is 0.639. The molecule has 1 aromatic carbocycles. The van der Waals surface area contributed by atoms with Gasteiger partial charge < -0.3 is 16.0 Å². The summed E-state index contributed by atoms with van der Waals surface area (Å²) in [5.41, 5.74) is 1.40. The molecule has 0 spiro atoms. The minimum Gasteiger partial charge on any atom is -0.336 e. The molecule has 140 valence electrons. The molecule has 6 nitrogen and oxygen atoms in total. The van der Waals surface area contributed by atoms with E-state index in [1.165, 1.54) is 6.92 Å². The van der Waals surface area contributed by atoms with E-state index in [0.717, 1.165) is 19.5 Å². The van der Waals surface area contributed by atoms with E-state index in [9.17, 15) is 9.59 Å². The van der Waals surface area contributed by atoms with Crippen LogP contribution < -0.4 is 16.0 Å². The molecule has 0 saturated carbocycles. The van der Waals surface area contributed by atoms with Crippen LogP contribution in [0.2, 0.25) is 0 Å². The van der Waals surface area contributed by atoms with E-state index in [1.54, 1.807) is 24.3 Å². The van der Waals surface area contributed by atoms with Crippen molar-refractivity contribution < 1.29 is 9.59 Å². The van der Waals surface area contributed by atoms with Gasteiger partial charge in [0.05, 0.1) is 0 Å². The first-order valence-electron chi connectivity index (χ1n) is 9.02. The lowest BCUT2D eigenvalue weighted by Gasteiger charge is -2.31. The number of hydrogen-bond donors (Lipinski definition) is 3. The molecule has 1 atom stereocenters. The molecule has 1 unspecified atom stereocenters. The number of likely N-dealkylation sites (N-methyl/N-ethyl adjacent to an activating group) is 1. The van der Waals surface area contributed by atoms with Crippen LogP contribution in [-0.2, 0) is 4.79 Å². The maximum Gasteiger partial charge on any atom is 0.319 e. The topological polar surface area (TPSA) is 73.5 Å². The molecule has 25 heavy (non-hydrogen) atoms. The number of urea groups is 1. The third kappa shape index (κ3) is 8.03. The van der Waals surface area contributed by atoms with E-state index in [1.807, 2.05) is 0 Å². The molecule has 0 bridgehead atoms. The van der Waals surface area contributed by atoms with E-state index >= 15 is 0 Å². The van der Waals surface area contributed by atoms with E-state index in [2.05, 4.69) is 48.5 Å². The van der Waals surface area contributed by atoms with Crippen molar-refractivity contribution in [2.24, 2.45) is 5.92 Å². The van der Waals surface area contributed by atoms with Crippen LogP contribution in [0.15, 0.2) is 24.3 Å². The van der Waals surface area contributed by atoms with Gasteiger partial charge in [-0.15, -0.1) is 0 Å². The van der Waals surface area contributed by atoms with Gasteiger partial charge in [0.15, 0.2) is 0 Å². The van der Waals surface area contributed by atoms with Crippen LogP contribution in [0.5, 0.6) is 0 Å². The maximum absolute atomic E-state index is 12.2. The summed E-state index contributed by atoms with van der Waals surface area (Å²) in [4.78, 5) is 25.5. The van der Waals surface area contributed by atoms with Gasteiger partial charge in [0.1, 0.15) is 0 Å². The average molecular weight is 348 g/mol. The number of hydrogen-bond acceptors (Lipinski definition) is 3. The summed E-state index contributed by atoms with van der Waals surface area (Å²) >= 11 is 0. The van der Waals surface area contributed by atoms with E-state index in [0.29, 0.717) is 29.9 Å². The lowest BCUT2D eigenvalue weighted by Crippen LogP contribution is -2.45. The number of benzene rings is 1. The Bertz CT molecular complexity index is 539. The van der Waals surface area contributed by atoms with Crippen LogP contribution in [-0.4, -0.2) is 42.5 Å². The third-order valence-electron chi connectivity index (χ3n) is 4.03. The highest BCUT2D eigenvalue weighted by Crippen LogP contribution is 2.14. The van der Waals surface area contributed by atoms with Crippen LogP contribution in [0.25, 0.3) is 0 Å². The summed E-state index contributed by atoms with van der Waals surface area (Å²) < 4.78 is 0. The number of nitrogens with zero attached hydrogens (tertiary/aromatic N) is 1. The van der Waals surface area contributed by atoms with Gasteiger partial charge in [0, 0.05) is 30.9 Å². The fraction of sp³-hybridized carbons (Fsp3) is 0.579. The van der Waals surface area contributed by atoms with Crippen molar-refractivity contribution in [1.29, 1.82) is 0 Å². The predicted octanol–water partition coefficient (Wildman–Crippen LogP) is 3.52. The molecule has 0 aliphatic heterocycles. The number of carbonyl (C=O) groups is 2. The van der Waals surface area contributed by atoms with Crippen LogP contribution >= 0.6 is 0 Å². The zero-order valence-electron chi connectivity index (χ0n) is 16.1. The molecule has 0 aromatic heterocycles. The molecule has 1 rings (SSSR count). The summed E-state index contributed by atoms with van der Waals surface area (Å²) in [6.45, 7) is 12.7. The van der Waals surface area contributed by atoms with Gasteiger partial charge in [-0.1, -0.05) is 27.7 Å². The highest BCUT2D eigenvalue weighted by molar-refractivity contribution is 5.91. The second kappa shape index (κ2) is 10.7. The van der Waals surface area contributed by atoms with Crippen molar-refractivity contribution in [3.05, 3.63) is 24.3 Å². The molecular weight excluding hydrogens is 316 g/mol. The van der Waals surface area contributed by atoms with Gasteiger partial charge in [-0.05, 0) is 49.7 Å². The van der Waals surface area contributed by atoms with Crippen LogP contribution in [0.4, 0.5) is 16.2 Å². The first kappa shape index (κ1) is 21.0. The second-order valence-electron chi connectivity index (χ2n) is 6.60. The van der Waals surface area contributed by atoms with Gasteiger partial charge in [-0.2, -0.15) is 0 Å². The molecule has 3 amide bonds. The fourth-order valence-electron chi connectivity index (χ4n) is 2.87. The van der Waals surface area contributed by atoms with Gasteiger partial charge >= 0.3 is 6.03 Å². The number of nitrogens with one attached hydrogen (secondary N) is 3. The molecule has 3 N–H and O–H groups in total. The van der Waals surface area contributed by atoms with Crippen molar-refractivity contribution in [2.45, 2.75) is 47.1 Å². The Morgan fingerprint density at radius 3 is 1.96 bits per heavy atom. The summed E-state index contributed by atoms with van der Waals surface area (Å²) in [5, 5.41) is 8.49. The second-order valence-corrected chi connectivity index (χ2v) is 6.60. The Hall–Kier alpha value is -2.08. The zero-order chi connectivity index (χ0) is 18.8. The summed E-state index contributed by atoms with van der Waals surface area (Å²) in [6.07, 6.45) is 1.05. The maximum atomic E-state index is 12.2. The van der Waals surface area contributed by atoms with Crippen molar-refractivity contribution in [3.63, 3.8) is 0 Å². The Labute approximate surface area is 151 Å². The molecule has 0 aliphatic carbocycles. The summed E-state index contributed by atoms with van der Waals surface area (Å²) in [7, 11) is 0. The smallest absolute Gasteiger partial charge is 0.319 e. The lowest BCUT2D eigenvalue weighted by atomic mass is 10.0. The van der Waals surface area contributed by atoms with Crippen molar-refractivity contribution in [2.75, 3.05) is 30.3 Å². The number of carbonyl (C=O) groups excluding carboxylic acids is 2. The molecule has 1 aromatic rings. The zero-order valence-corrected chi connectivity index (χ0v) is 16.1. The summed E-state index contributed by atoms with van der Waals surface area (Å²) in [6, 6.07) is 7.17.